The van der Waals surface area contributed by atoms with Crippen LogP contribution >= 0.6 is 0 Å². The monoisotopic (exact) mass is 276 g/mol. The summed E-state index contributed by atoms with van der Waals surface area (Å²) in [6.45, 7) is 1.10. The summed E-state index contributed by atoms with van der Waals surface area (Å²) in [5.74, 6) is -1.83. The summed E-state index contributed by atoms with van der Waals surface area (Å²) in [4.78, 5) is 11.8. The van der Waals surface area contributed by atoms with Crippen molar-refractivity contribution in [2.45, 2.75) is 12.6 Å². The highest BCUT2D eigenvalue weighted by Gasteiger charge is 2.35. The highest BCUT2D eigenvalue weighted by Crippen LogP contribution is 2.35. The van der Waals surface area contributed by atoms with E-state index in [4.69, 9.17) is 0 Å². The molecule has 1 aromatic carbocycles. The van der Waals surface area contributed by atoms with E-state index in [0.29, 0.717) is 25.6 Å². The van der Waals surface area contributed by atoms with Gasteiger partial charge in [0.05, 0.1) is 17.2 Å². The van der Waals surface area contributed by atoms with Gasteiger partial charge in [0.25, 0.3) is 0 Å². The molecule has 0 aliphatic carbocycles. The van der Waals surface area contributed by atoms with Crippen LogP contribution in [0.25, 0.3) is 0 Å². The molecule has 104 valence electrons. The van der Waals surface area contributed by atoms with Crippen LogP contribution in [0.3, 0.4) is 0 Å². The van der Waals surface area contributed by atoms with Gasteiger partial charge in [-0.05, 0) is 31.2 Å². The van der Waals surface area contributed by atoms with Gasteiger partial charge < -0.3 is 10.6 Å². The van der Waals surface area contributed by atoms with Gasteiger partial charge in [-0.3, -0.25) is 4.79 Å². The van der Waals surface area contributed by atoms with E-state index in [1.807, 2.05) is 0 Å². The third kappa shape index (κ3) is 3.23. The normalized spacial score (nSPS) is 19.5. The molecule has 1 unspecified atom stereocenters. The number of anilines is 1. The molecule has 1 amide bonds. The van der Waals surface area contributed by atoms with Crippen LogP contribution in [-0.2, 0) is 11.0 Å². The molecule has 19 heavy (non-hydrogen) atoms. The maximum atomic E-state index is 12.9. The van der Waals surface area contributed by atoms with E-state index in [1.54, 1.807) is 0 Å². The molecule has 1 saturated heterocycles. The second-order valence-electron chi connectivity index (χ2n) is 4.37. The van der Waals surface area contributed by atoms with Crippen molar-refractivity contribution in [3.8, 4) is 0 Å². The first-order valence-electron chi connectivity index (χ1n) is 5.76. The first-order chi connectivity index (χ1) is 8.88. The van der Waals surface area contributed by atoms with Crippen molar-refractivity contribution < 1.29 is 22.4 Å². The Bertz CT molecular complexity index is 481. The van der Waals surface area contributed by atoms with E-state index >= 15 is 0 Å². The zero-order valence-corrected chi connectivity index (χ0v) is 9.85. The van der Waals surface area contributed by atoms with Crippen LogP contribution in [0.2, 0.25) is 0 Å². The first kappa shape index (κ1) is 13.8. The Morgan fingerprint density at radius 1 is 1.37 bits per heavy atom. The molecule has 1 atom stereocenters. The second-order valence-corrected chi connectivity index (χ2v) is 4.37. The third-order valence-electron chi connectivity index (χ3n) is 2.98. The van der Waals surface area contributed by atoms with E-state index in [0.717, 1.165) is 12.1 Å². The van der Waals surface area contributed by atoms with E-state index in [9.17, 15) is 22.4 Å². The maximum Gasteiger partial charge on any atom is 0.418 e. The predicted octanol–water partition coefficient (Wildman–Crippen LogP) is 2.39. The summed E-state index contributed by atoms with van der Waals surface area (Å²) in [7, 11) is 0. The van der Waals surface area contributed by atoms with Gasteiger partial charge in [0.2, 0.25) is 5.91 Å². The maximum absolute atomic E-state index is 12.9. The van der Waals surface area contributed by atoms with Gasteiger partial charge in [-0.15, -0.1) is 0 Å². The molecule has 0 bridgehead atoms. The van der Waals surface area contributed by atoms with Crippen molar-refractivity contribution in [1.29, 1.82) is 0 Å². The molecule has 7 heteroatoms. The number of rotatable bonds is 2. The lowest BCUT2D eigenvalue weighted by Crippen LogP contribution is -2.26. The van der Waals surface area contributed by atoms with Crippen LogP contribution in [0.1, 0.15) is 12.0 Å². The van der Waals surface area contributed by atoms with Crippen LogP contribution in [0.4, 0.5) is 23.2 Å². The quantitative estimate of drug-likeness (QED) is 0.814. The number of alkyl halides is 3. The lowest BCUT2D eigenvalue weighted by atomic mass is 10.1. The Morgan fingerprint density at radius 3 is 2.68 bits per heavy atom. The zero-order chi connectivity index (χ0) is 14.0. The first-order valence-corrected chi connectivity index (χ1v) is 5.76. The number of benzene rings is 1. The van der Waals surface area contributed by atoms with E-state index in [1.165, 1.54) is 0 Å². The summed E-state index contributed by atoms with van der Waals surface area (Å²) >= 11 is 0. The van der Waals surface area contributed by atoms with E-state index in [-0.39, 0.29) is 5.92 Å². The molecule has 1 aliphatic heterocycles. The minimum atomic E-state index is -4.71. The number of hydrogen-bond donors (Lipinski definition) is 2. The van der Waals surface area contributed by atoms with Crippen LogP contribution in [0.15, 0.2) is 18.2 Å². The molecule has 1 aromatic rings. The molecule has 1 heterocycles. The standard InChI is InChI=1S/C12H12F4N2O/c13-8-1-2-10(9(5-8)12(14,15)16)18-11(19)7-3-4-17-6-7/h1-2,5,7,17H,3-4,6H2,(H,18,19). The molecule has 3 nitrogen and oxygen atoms in total. The largest absolute Gasteiger partial charge is 0.418 e. The fourth-order valence-electron chi connectivity index (χ4n) is 1.97. The summed E-state index contributed by atoms with van der Waals surface area (Å²) in [6, 6.07) is 2.19. The van der Waals surface area contributed by atoms with Gasteiger partial charge in [-0.1, -0.05) is 0 Å². The number of nitrogens with one attached hydrogen (secondary N) is 2. The van der Waals surface area contributed by atoms with Crippen LogP contribution in [0, 0.1) is 11.7 Å². The summed E-state index contributed by atoms with van der Waals surface area (Å²) in [5, 5.41) is 5.17. The van der Waals surface area contributed by atoms with Gasteiger partial charge in [0.1, 0.15) is 5.82 Å². The van der Waals surface area contributed by atoms with Crippen molar-refractivity contribution in [3.05, 3.63) is 29.6 Å². The lowest BCUT2D eigenvalue weighted by Gasteiger charge is -2.15. The Balaban J connectivity index is 2.22. The minimum Gasteiger partial charge on any atom is -0.325 e. The average molecular weight is 276 g/mol. The number of amides is 1. The Morgan fingerprint density at radius 2 is 2.11 bits per heavy atom. The van der Waals surface area contributed by atoms with Crippen molar-refractivity contribution in [3.63, 3.8) is 0 Å². The molecule has 0 saturated carbocycles. The molecule has 0 radical (unpaired) electrons. The summed E-state index contributed by atoms with van der Waals surface area (Å²) < 4.78 is 51.1. The van der Waals surface area contributed by atoms with Gasteiger partial charge in [-0.25, -0.2) is 4.39 Å². The Hall–Kier alpha value is -1.63. The van der Waals surface area contributed by atoms with E-state index in [2.05, 4.69) is 10.6 Å². The molecular formula is C12H12F4N2O. The number of carbonyl (C=O) groups excluding carboxylic acids is 1. The van der Waals surface area contributed by atoms with Crippen LogP contribution < -0.4 is 10.6 Å². The van der Waals surface area contributed by atoms with E-state index < -0.39 is 29.2 Å². The molecule has 1 aliphatic rings. The van der Waals surface area contributed by atoms with Crippen molar-refractivity contribution >= 4 is 11.6 Å². The second kappa shape index (κ2) is 5.16. The minimum absolute atomic E-state index is 0.355. The van der Waals surface area contributed by atoms with Gasteiger partial charge >= 0.3 is 6.18 Å². The molecule has 2 rings (SSSR count). The number of hydrogen-bond acceptors (Lipinski definition) is 2. The predicted molar refractivity (Wildman–Crippen MR) is 61.0 cm³/mol. The summed E-state index contributed by atoms with van der Waals surface area (Å²) in [6.07, 6.45) is -4.13. The van der Waals surface area contributed by atoms with Crippen LogP contribution in [-0.4, -0.2) is 19.0 Å². The average Bonchev–Trinajstić information content (AvgIpc) is 2.83. The fourth-order valence-corrected chi connectivity index (χ4v) is 1.97. The molecule has 0 aromatic heterocycles. The Kier molecular flexibility index (Phi) is 3.75. The molecule has 1 fully saturated rings. The zero-order valence-electron chi connectivity index (χ0n) is 9.85. The fraction of sp³-hybridized carbons (Fsp3) is 0.417. The van der Waals surface area contributed by atoms with Gasteiger partial charge in [0, 0.05) is 6.54 Å². The molecular weight excluding hydrogens is 264 g/mol. The van der Waals surface area contributed by atoms with Gasteiger partial charge in [-0.2, -0.15) is 13.2 Å². The highest BCUT2D eigenvalue weighted by molar-refractivity contribution is 5.93. The third-order valence-corrected chi connectivity index (χ3v) is 2.98. The highest BCUT2D eigenvalue weighted by atomic mass is 19.4. The van der Waals surface area contributed by atoms with Crippen molar-refractivity contribution in [2.24, 2.45) is 5.92 Å². The smallest absolute Gasteiger partial charge is 0.325 e. The molecule has 0 spiro atoms. The van der Waals surface area contributed by atoms with Gasteiger partial charge in [0.15, 0.2) is 0 Å². The van der Waals surface area contributed by atoms with Crippen molar-refractivity contribution in [2.75, 3.05) is 18.4 Å². The SMILES string of the molecule is O=C(Nc1ccc(F)cc1C(F)(F)F)C1CCNC1. The topological polar surface area (TPSA) is 41.1 Å². The molecule has 2 N–H and O–H groups in total. The number of halogens is 4. The Labute approximate surface area is 107 Å². The van der Waals surface area contributed by atoms with Crippen molar-refractivity contribution in [1.82, 2.24) is 5.32 Å². The van der Waals surface area contributed by atoms with Crippen LogP contribution in [0.5, 0.6) is 0 Å². The summed E-state index contributed by atoms with van der Waals surface area (Å²) in [5.41, 5.74) is -1.59. The number of carbonyl (C=O) groups is 1. The lowest BCUT2D eigenvalue weighted by molar-refractivity contribution is -0.137.